The molecule has 0 spiro atoms. The number of pyridine rings is 2. The van der Waals surface area contributed by atoms with Crippen molar-refractivity contribution in [2.24, 2.45) is 0 Å². The smallest absolute Gasteiger partial charge is 0.341 e. The van der Waals surface area contributed by atoms with E-state index < -0.39 is 11.5 Å². The molecule has 104 valence electrons. The number of nitrogens with zero attached hydrogens (tertiary/aromatic N) is 2. The van der Waals surface area contributed by atoms with Crippen molar-refractivity contribution in [3.8, 4) is 11.1 Å². The molecule has 0 aliphatic rings. The fraction of sp³-hybridized carbons (Fsp3) is 0.267. The number of carboxylic acids is 1. The Morgan fingerprint density at radius 2 is 1.95 bits per heavy atom. The Hall–Kier alpha value is -2.43. The van der Waals surface area contributed by atoms with Gasteiger partial charge in [0.05, 0.1) is 0 Å². The summed E-state index contributed by atoms with van der Waals surface area (Å²) in [6, 6.07) is 5.08. The molecule has 2 heterocycles. The highest BCUT2D eigenvalue weighted by Crippen LogP contribution is 2.23. The van der Waals surface area contributed by atoms with E-state index in [0.29, 0.717) is 13.0 Å². The van der Waals surface area contributed by atoms with Gasteiger partial charge in [0.25, 0.3) is 5.56 Å². The number of carboxylic acid groups (broad SMARTS) is 1. The lowest BCUT2D eigenvalue weighted by atomic mass is 10.0. The first-order valence-corrected chi connectivity index (χ1v) is 6.50. The minimum Gasteiger partial charge on any atom is -0.477 e. The van der Waals surface area contributed by atoms with Gasteiger partial charge in [-0.25, -0.2) is 4.79 Å². The number of aromatic carboxylic acids is 1. The van der Waals surface area contributed by atoms with Crippen molar-refractivity contribution in [1.29, 1.82) is 0 Å². The zero-order valence-electron chi connectivity index (χ0n) is 11.5. The molecule has 0 radical (unpaired) electrons. The summed E-state index contributed by atoms with van der Waals surface area (Å²) in [5.74, 6) is -1.20. The van der Waals surface area contributed by atoms with E-state index in [9.17, 15) is 14.7 Å². The number of rotatable bonds is 4. The Kier molecular flexibility index (Phi) is 3.98. The largest absolute Gasteiger partial charge is 0.477 e. The standard InChI is InChI=1S/C15H16N2O3/c1-3-13-11(10-5-7-16-8-6-10)9-12(15(19)20)14(18)17(13)4-2/h5-9H,3-4H2,1-2H3,(H,19,20). The summed E-state index contributed by atoms with van der Waals surface area (Å²) in [5.41, 5.74) is 1.83. The zero-order valence-corrected chi connectivity index (χ0v) is 11.5. The summed E-state index contributed by atoms with van der Waals surface area (Å²) in [5, 5.41) is 9.19. The van der Waals surface area contributed by atoms with E-state index >= 15 is 0 Å². The van der Waals surface area contributed by atoms with Crippen molar-refractivity contribution < 1.29 is 9.90 Å². The lowest BCUT2D eigenvalue weighted by Crippen LogP contribution is -2.29. The van der Waals surface area contributed by atoms with Gasteiger partial charge in [-0.15, -0.1) is 0 Å². The third-order valence-electron chi connectivity index (χ3n) is 3.27. The van der Waals surface area contributed by atoms with Crippen LogP contribution in [0.15, 0.2) is 35.4 Å². The highest BCUT2D eigenvalue weighted by Gasteiger charge is 2.17. The van der Waals surface area contributed by atoms with Crippen molar-refractivity contribution in [1.82, 2.24) is 9.55 Å². The summed E-state index contributed by atoms with van der Waals surface area (Å²) in [4.78, 5) is 27.4. The van der Waals surface area contributed by atoms with Crippen LogP contribution in [0.25, 0.3) is 11.1 Å². The second-order valence-corrected chi connectivity index (χ2v) is 4.36. The van der Waals surface area contributed by atoms with Gasteiger partial charge < -0.3 is 9.67 Å². The van der Waals surface area contributed by atoms with E-state index in [2.05, 4.69) is 4.98 Å². The predicted octanol–water partition coefficient (Wildman–Crippen LogP) is 2.19. The van der Waals surface area contributed by atoms with Crippen molar-refractivity contribution in [2.75, 3.05) is 0 Å². The lowest BCUT2D eigenvalue weighted by Gasteiger charge is -2.16. The minimum atomic E-state index is -1.20. The molecule has 0 unspecified atom stereocenters. The first kappa shape index (κ1) is 14.0. The summed E-state index contributed by atoms with van der Waals surface area (Å²) >= 11 is 0. The molecule has 0 saturated carbocycles. The van der Waals surface area contributed by atoms with Crippen molar-refractivity contribution in [3.05, 3.63) is 52.2 Å². The molecule has 2 rings (SSSR count). The molecule has 5 heteroatoms. The van der Waals surface area contributed by atoms with Gasteiger partial charge in [-0.05, 0) is 37.1 Å². The highest BCUT2D eigenvalue weighted by atomic mass is 16.4. The van der Waals surface area contributed by atoms with E-state index in [4.69, 9.17) is 0 Å². The first-order valence-electron chi connectivity index (χ1n) is 6.50. The molecule has 0 aromatic carbocycles. The van der Waals surface area contributed by atoms with Crippen LogP contribution in [0.4, 0.5) is 0 Å². The zero-order chi connectivity index (χ0) is 14.7. The van der Waals surface area contributed by atoms with E-state index in [1.807, 2.05) is 26.0 Å². The Balaban J connectivity index is 2.83. The topological polar surface area (TPSA) is 72.2 Å². The molecule has 2 aromatic heterocycles. The monoisotopic (exact) mass is 272 g/mol. The summed E-state index contributed by atoms with van der Waals surface area (Å²) in [6.45, 7) is 4.23. The van der Waals surface area contributed by atoms with Gasteiger partial charge in [-0.1, -0.05) is 6.92 Å². The number of hydrogen-bond donors (Lipinski definition) is 1. The van der Waals surface area contributed by atoms with Crippen LogP contribution in [0.1, 0.15) is 29.9 Å². The predicted molar refractivity (Wildman–Crippen MR) is 75.9 cm³/mol. The lowest BCUT2D eigenvalue weighted by molar-refractivity contribution is 0.0694. The van der Waals surface area contributed by atoms with Crippen molar-refractivity contribution in [3.63, 3.8) is 0 Å². The third kappa shape index (κ3) is 2.34. The fourth-order valence-electron chi connectivity index (χ4n) is 2.35. The van der Waals surface area contributed by atoms with E-state index in [1.165, 1.54) is 10.6 Å². The molecule has 0 saturated heterocycles. The van der Waals surface area contributed by atoms with Crippen LogP contribution >= 0.6 is 0 Å². The van der Waals surface area contributed by atoms with E-state index in [1.54, 1.807) is 12.4 Å². The Morgan fingerprint density at radius 1 is 1.30 bits per heavy atom. The molecule has 5 nitrogen and oxygen atoms in total. The molecular formula is C15H16N2O3. The molecule has 0 amide bonds. The number of carbonyl (C=O) groups is 1. The number of hydrogen-bond acceptors (Lipinski definition) is 3. The van der Waals surface area contributed by atoms with Gasteiger partial charge in [-0.3, -0.25) is 9.78 Å². The van der Waals surface area contributed by atoms with Crippen LogP contribution < -0.4 is 5.56 Å². The van der Waals surface area contributed by atoms with Gasteiger partial charge >= 0.3 is 5.97 Å². The molecule has 0 aliphatic carbocycles. The van der Waals surface area contributed by atoms with Gasteiger partial charge in [0.1, 0.15) is 5.56 Å². The molecule has 1 N–H and O–H groups in total. The second-order valence-electron chi connectivity index (χ2n) is 4.36. The molecule has 0 bridgehead atoms. The molecular weight excluding hydrogens is 256 g/mol. The van der Waals surface area contributed by atoms with E-state index in [0.717, 1.165) is 16.8 Å². The Labute approximate surface area is 116 Å². The van der Waals surface area contributed by atoms with Crippen molar-refractivity contribution >= 4 is 5.97 Å². The van der Waals surface area contributed by atoms with Crippen LogP contribution in [-0.4, -0.2) is 20.6 Å². The highest BCUT2D eigenvalue weighted by molar-refractivity contribution is 5.89. The van der Waals surface area contributed by atoms with Gasteiger partial charge in [0.15, 0.2) is 0 Å². The van der Waals surface area contributed by atoms with Crippen molar-refractivity contribution in [2.45, 2.75) is 26.8 Å². The third-order valence-corrected chi connectivity index (χ3v) is 3.27. The van der Waals surface area contributed by atoms with Crippen LogP contribution in [0, 0.1) is 0 Å². The van der Waals surface area contributed by atoms with Crippen LogP contribution in [0.5, 0.6) is 0 Å². The molecule has 2 aromatic rings. The van der Waals surface area contributed by atoms with E-state index in [-0.39, 0.29) is 5.56 Å². The fourth-order valence-corrected chi connectivity index (χ4v) is 2.35. The first-order chi connectivity index (χ1) is 9.60. The molecule has 0 aliphatic heterocycles. The summed E-state index contributed by atoms with van der Waals surface area (Å²) in [6.07, 6.45) is 3.95. The summed E-state index contributed by atoms with van der Waals surface area (Å²) < 4.78 is 1.53. The van der Waals surface area contributed by atoms with Crippen LogP contribution in [0.3, 0.4) is 0 Å². The maximum atomic E-state index is 12.2. The molecule has 0 fully saturated rings. The molecule has 0 atom stereocenters. The second kappa shape index (κ2) is 5.69. The van der Waals surface area contributed by atoms with Gasteiger partial charge in [0, 0.05) is 30.2 Å². The normalized spacial score (nSPS) is 10.5. The molecule has 20 heavy (non-hydrogen) atoms. The van der Waals surface area contributed by atoms with Gasteiger partial charge in [-0.2, -0.15) is 0 Å². The minimum absolute atomic E-state index is 0.198. The van der Waals surface area contributed by atoms with Gasteiger partial charge in [0.2, 0.25) is 0 Å². The van der Waals surface area contributed by atoms with Crippen LogP contribution in [0.2, 0.25) is 0 Å². The Bertz CT molecular complexity index is 690. The summed E-state index contributed by atoms with van der Waals surface area (Å²) in [7, 11) is 0. The Morgan fingerprint density at radius 3 is 2.45 bits per heavy atom. The average Bonchev–Trinajstić information content (AvgIpc) is 2.47. The average molecular weight is 272 g/mol. The SMILES string of the molecule is CCc1c(-c2ccncc2)cc(C(=O)O)c(=O)n1CC. The number of aromatic nitrogens is 2. The van der Waals surface area contributed by atoms with Crippen LogP contribution in [-0.2, 0) is 13.0 Å². The quantitative estimate of drug-likeness (QED) is 0.926. The maximum absolute atomic E-state index is 12.2. The maximum Gasteiger partial charge on any atom is 0.341 e.